The first-order valence-electron chi connectivity index (χ1n) is 25.3. The van der Waals surface area contributed by atoms with Gasteiger partial charge in [0.15, 0.2) is 0 Å². The first kappa shape index (κ1) is 42.4. The average Bonchev–Trinajstić information content (AvgIpc) is 3.98. The molecule has 0 bridgehead atoms. The normalized spacial score (nSPS) is 12.5. The summed E-state index contributed by atoms with van der Waals surface area (Å²) in [5.41, 5.74) is 21.3. The predicted molar refractivity (Wildman–Crippen MR) is 307 cm³/mol. The quantitative estimate of drug-likeness (QED) is 0.140. The number of anilines is 3. The van der Waals surface area contributed by atoms with E-state index in [1.165, 1.54) is 105 Å². The Balaban J connectivity index is 0.834. The van der Waals surface area contributed by atoms with Crippen molar-refractivity contribution < 1.29 is 0 Å². The number of benzene rings is 12. The Morgan fingerprint density at radius 2 is 0.726 bits per heavy atom. The third-order valence-electron chi connectivity index (χ3n) is 15.3. The van der Waals surface area contributed by atoms with Crippen molar-refractivity contribution in [3.8, 4) is 50.2 Å². The largest absolute Gasteiger partial charge is 0.310 e. The third-order valence-corrected chi connectivity index (χ3v) is 15.3. The van der Waals surface area contributed by atoms with Crippen LogP contribution in [-0.4, -0.2) is 4.57 Å². The fourth-order valence-corrected chi connectivity index (χ4v) is 12.1. The number of fused-ring (bicyclic) bond motifs is 7. The number of para-hydroxylation sites is 3. The first-order chi connectivity index (χ1) is 36.2. The molecule has 0 aliphatic heterocycles. The van der Waals surface area contributed by atoms with E-state index in [9.17, 15) is 0 Å². The molecule has 0 saturated heterocycles. The Kier molecular flexibility index (Phi) is 10.1. The Morgan fingerprint density at radius 1 is 0.288 bits per heavy atom. The van der Waals surface area contributed by atoms with Crippen LogP contribution in [0.15, 0.2) is 291 Å². The molecule has 1 aliphatic rings. The van der Waals surface area contributed by atoms with Crippen LogP contribution in [0.3, 0.4) is 0 Å². The van der Waals surface area contributed by atoms with Crippen LogP contribution in [-0.2, 0) is 5.41 Å². The highest BCUT2D eigenvalue weighted by Gasteiger charge is 2.46. The summed E-state index contributed by atoms with van der Waals surface area (Å²) >= 11 is 0. The number of hydrogen-bond donors (Lipinski definition) is 0. The van der Waals surface area contributed by atoms with Crippen LogP contribution < -0.4 is 4.90 Å². The lowest BCUT2D eigenvalue weighted by molar-refractivity contribution is 0.768. The molecule has 0 saturated carbocycles. The molecule has 0 radical (unpaired) electrons. The molecule has 73 heavy (non-hydrogen) atoms. The first-order valence-corrected chi connectivity index (χ1v) is 25.3. The van der Waals surface area contributed by atoms with Gasteiger partial charge >= 0.3 is 0 Å². The Labute approximate surface area is 426 Å². The van der Waals surface area contributed by atoms with E-state index in [0.717, 1.165) is 17.1 Å². The van der Waals surface area contributed by atoms with Crippen molar-refractivity contribution in [2.75, 3.05) is 4.90 Å². The van der Waals surface area contributed by atoms with Crippen molar-refractivity contribution in [3.63, 3.8) is 0 Å². The van der Waals surface area contributed by atoms with Crippen molar-refractivity contribution >= 4 is 49.6 Å². The summed E-state index contributed by atoms with van der Waals surface area (Å²) in [4.78, 5) is 2.41. The van der Waals surface area contributed by atoms with Gasteiger partial charge in [-0.3, -0.25) is 0 Å². The number of rotatable bonds is 9. The second kappa shape index (κ2) is 17.4. The van der Waals surface area contributed by atoms with Gasteiger partial charge in [-0.25, -0.2) is 0 Å². The monoisotopic (exact) mass is 928 g/mol. The summed E-state index contributed by atoms with van der Waals surface area (Å²) in [5.74, 6) is 0. The molecule has 0 atom stereocenters. The molecule has 0 unspecified atom stereocenters. The molecule has 14 rings (SSSR count). The van der Waals surface area contributed by atoms with E-state index in [0.29, 0.717) is 0 Å². The maximum absolute atomic E-state index is 2.41. The van der Waals surface area contributed by atoms with E-state index in [1.54, 1.807) is 0 Å². The molecule has 1 aliphatic carbocycles. The van der Waals surface area contributed by atoms with Crippen LogP contribution in [0.4, 0.5) is 17.1 Å². The van der Waals surface area contributed by atoms with Gasteiger partial charge in [-0.1, -0.05) is 243 Å². The topological polar surface area (TPSA) is 8.17 Å². The van der Waals surface area contributed by atoms with Crippen molar-refractivity contribution in [3.05, 3.63) is 313 Å². The van der Waals surface area contributed by atoms with Gasteiger partial charge in [0, 0.05) is 33.1 Å². The average molecular weight is 929 g/mol. The Bertz CT molecular complexity index is 4070. The number of hydrogen-bond acceptors (Lipinski definition) is 1. The molecule has 13 aromatic rings. The van der Waals surface area contributed by atoms with E-state index in [4.69, 9.17) is 0 Å². The minimum Gasteiger partial charge on any atom is -0.310 e. The van der Waals surface area contributed by atoms with E-state index in [-0.39, 0.29) is 0 Å². The Hall–Kier alpha value is -9.50. The molecule has 0 fully saturated rings. The predicted octanol–water partition coefficient (Wildman–Crippen LogP) is 18.8. The third kappa shape index (κ3) is 6.79. The summed E-state index contributed by atoms with van der Waals surface area (Å²) in [6, 6.07) is 107. The van der Waals surface area contributed by atoms with Crippen LogP contribution >= 0.6 is 0 Å². The molecule has 12 aromatic carbocycles. The maximum atomic E-state index is 2.41. The van der Waals surface area contributed by atoms with Gasteiger partial charge in [-0.15, -0.1) is 0 Å². The minimum atomic E-state index is -0.455. The van der Waals surface area contributed by atoms with Crippen molar-refractivity contribution in [1.82, 2.24) is 4.57 Å². The van der Waals surface area contributed by atoms with Gasteiger partial charge < -0.3 is 9.47 Å². The SMILES string of the molecule is c1ccc(C2(c3ccccc3)c3ccccc3-c3c(-c4ccc(N(c5ccc(-c6ccc(-c7ccccc7-n7c8ccccc8c8ccccc87)cc6)cc5)c5cccc6ccccc56)cc4)cccc32)cc1. The molecule has 0 amide bonds. The zero-order valence-electron chi connectivity index (χ0n) is 40.1. The van der Waals surface area contributed by atoms with E-state index in [1.807, 2.05) is 0 Å². The van der Waals surface area contributed by atoms with Crippen LogP contribution in [0.25, 0.3) is 82.8 Å². The van der Waals surface area contributed by atoms with Gasteiger partial charge in [-0.2, -0.15) is 0 Å². The van der Waals surface area contributed by atoms with Crippen LogP contribution in [0.5, 0.6) is 0 Å². The van der Waals surface area contributed by atoms with Gasteiger partial charge in [-0.05, 0) is 115 Å². The van der Waals surface area contributed by atoms with E-state index >= 15 is 0 Å². The molecule has 342 valence electrons. The standard InChI is InChI=1S/C71H48N2/c1-3-21-54(22-4-1)71(55-23-5-2-6-24-55)64-31-13-9-29-63(64)70-60(30-18-32-65(70)71)53-43-47-57(48-44-53)72(66-36-17-20-51-19-7-8-25-58(51)66)56-45-41-50(42-46-56)49-37-39-52(40-38-49)59-26-10-14-33-67(59)73-68-34-15-11-27-61(68)62-28-12-16-35-69(62)73/h1-48H. The molecule has 1 aromatic heterocycles. The minimum absolute atomic E-state index is 0.455. The molecule has 1 heterocycles. The second-order valence-electron chi connectivity index (χ2n) is 19.1. The fraction of sp³-hybridized carbons (Fsp3) is 0.0141. The van der Waals surface area contributed by atoms with Crippen LogP contribution in [0, 0.1) is 0 Å². The molecule has 0 spiro atoms. The lowest BCUT2D eigenvalue weighted by atomic mass is 9.67. The zero-order chi connectivity index (χ0) is 48.3. The summed E-state index contributed by atoms with van der Waals surface area (Å²) in [7, 11) is 0. The van der Waals surface area contributed by atoms with Crippen LogP contribution in [0.1, 0.15) is 22.3 Å². The summed E-state index contributed by atoms with van der Waals surface area (Å²) < 4.78 is 2.41. The van der Waals surface area contributed by atoms with E-state index < -0.39 is 5.41 Å². The lowest BCUT2D eigenvalue weighted by Gasteiger charge is -2.34. The fourth-order valence-electron chi connectivity index (χ4n) is 12.1. The highest BCUT2D eigenvalue weighted by Crippen LogP contribution is 2.58. The second-order valence-corrected chi connectivity index (χ2v) is 19.1. The van der Waals surface area contributed by atoms with Crippen molar-refractivity contribution in [1.29, 1.82) is 0 Å². The smallest absolute Gasteiger partial charge is 0.0713 e. The number of aromatic nitrogens is 1. The van der Waals surface area contributed by atoms with Gasteiger partial charge in [0.25, 0.3) is 0 Å². The van der Waals surface area contributed by atoms with Gasteiger partial charge in [0.1, 0.15) is 0 Å². The number of nitrogens with zero attached hydrogens (tertiary/aromatic N) is 2. The lowest BCUT2D eigenvalue weighted by Crippen LogP contribution is -2.28. The maximum Gasteiger partial charge on any atom is 0.0713 e. The summed E-state index contributed by atoms with van der Waals surface area (Å²) in [6.07, 6.45) is 0. The summed E-state index contributed by atoms with van der Waals surface area (Å²) in [6.45, 7) is 0. The van der Waals surface area contributed by atoms with Gasteiger partial charge in [0.05, 0.1) is 27.8 Å². The molecule has 2 heteroatoms. The van der Waals surface area contributed by atoms with Crippen LogP contribution in [0.2, 0.25) is 0 Å². The molecule has 0 N–H and O–H groups in total. The molecule has 2 nitrogen and oxygen atoms in total. The highest BCUT2D eigenvalue weighted by atomic mass is 15.1. The molecular formula is C71H48N2. The van der Waals surface area contributed by atoms with Crippen molar-refractivity contribution in [2.45, 2.75) is 5.41 Å². The zero-order valence-corrected chi connectivity index (χ0v) is 40.1. The highest BCUT2D eigenvalue weighted by molar-refractivity contribution is 6.10. The Morgan fingerprint density at radius 3 is 1.38 bits per heavy atom. The van der Waals surface area contributed by atoms with Crippen molar-refractivity contribution in [2.24, 2.45) is 0 Å². The molecular weight excluding hydrogens is 881 g/mol. The van der Waals surface area contributed by atoms with E-state index in [2.05, 4.69) is 301 Å². The summed E-state index contributed by atoms with van der Waals surface area (Å²) in [5, 5.41) is 4.93. The van der Waals surface area contributed by atoms with Gasteiger partial charge in [0.2, 0.25) is 0 Å².